The van der Waals surface area contributed by atoms with Crippen LogP contribution in [0.15, 0.2) is 24.3 Å². The first-order valence-electron chi connectivity index (χ1n) is 8.29. The summed E-state index contributed by atoms with van der Waals surface area (Å²) in [5.41, 5.74) is 8.12. The second kappa shape index (κ2) is 10.2. The van der Waals surface area contributed by atoms with E-state index in [2.05, 4.69) is 41.4 Å². The zero-order chi connectivity index (χ0) is 16.2. The van der Waals surface area contributed by atoms with Crippen LogP contribution in [0.1, 0.15) is 49.8 Å². The normalized spacial score (nSPS) is 16.9. The summed E-state index contributed by atoms with van der Waals surface area (Å²) in [7, 11) is 4.08. The van der Waals surface area contributed by atoms with Crippen molar-refractivity contribution < 1.29 is 4.79 Å². The molecule has 1 aliphatic carbocycles. The van der Waals surface area contributed by atoms with Gasteiger partial charge in [-0.15, -0.1) is 24.8 Å². The van der Waals surface area contributed by atoms with Gasteiger partial charge in [-0.1, -0.05) is 44.0 Å². The SMILES string of the molecule is CCc1ccc(C(CNC(=O)C2(N)CCCC2)N(C)C)cc1.Cl.Cl. The number of nitrogens with zero attached hydrogens (tertiary/aromatic N) is 1. The summed E-state index contributed by atoms with van der Waals surface area (Å²) >= 11 is 0. The molecule has 2 rings (SSSR count). The number of nitrogens with one attached hydrogen (secondary N) is 1. The van der Waals surface area contributed by atoms with Crippen LogP contribution in [0.2, 0.25) is 0 Å². The van der Waals surface area contributed by atoms with Crippen LogP contribution < -0.4 is 11.1 Å². The molecule has 4 nitrogen and oxygen atoms in total. The number of benzene rings is 1. The Kier molecular flexibility index (Phi) is 9.90. The first-order chi connectivity index (χ1) is 10.5. The van der Waals surface area contributed by atoms with Crippen molar-refractivity contribution in [3.05, 3.63) is 35.4 Å². The number of carbonyl (C=O) groups is 1. The van der Waals surface area contributed by atoms with Crippen molar-refractivity contribution in [2.24, 2.45) is 5.73 Å². The zero-order valence-corrected chi connectivity index (χ0v) is 16.5. The molecule has 1 aliphatic rings. The average molecular weight is 376 g/mol. The molecule has 1 fully saturated rings. The van der Waals surface area contributed by atoms with E-state index in [0.717, 1.165) is 32.1 Å². The third kappa shape index (κ3) is 5.62. The molecule has 3 N–H and O–H groups in total. The lowest BCUT2D eigenvalue weighted by Crippen LogP contribution is -2.53. The molecule has 0 aromatic heterocycles. The van der Waals surface area contributed by atoms with Gasteiger partial charge in [-0.05, 0) is 44.5 Å². The van der Waals surface area contributed by atoms with Gasteiger partial charge in [0, 0.05) is 6.54 Å². The molecule has 0 heterocycles. The second-order valence-electron chi connectivity index (χ2n) is 6.65. The Morgan fingerprint density at radius 1 is 1.21 bits per heavy atom. The van der Waals surface area contributed by atoms with Crippen molar-refractivity contribution in [3.63, 3.8) is 0 Å². The van der Waals surface area contributed by atoms with Crippen LogP contribution in [-0.2, 0) is 11.2 Å². The van der Waals surface area contributed by atoms with Gasteiger partial charge >= 0.3 is 0 Å². The molecule has 138 valence electrons. The van der Waals surface area contributed by atoms with E-state index in [-0.39, 0.29) is 36.8 Å². The standard InChI is InChI=1S/C18H29N3O.2ClH/c1-4-14-7-9-15(10-8-14)16(21(2)3)13-20-17(22)18(19)11-5-6-12-18;;/h7-10,16H,4-6,11-13,19H2,1-3H3,(H,20,22);2*1H. The third-order valence-corrected chi connectivity index (χ3v) is 4.80. The van der Waals surface area contributed by atoms with E-state index >= 15 is 0 Å². The molecule has 0 aliphatic heterocycles. The lowest BCUT2D eigenvalue weighted by Gasteiger charge is -2.28. The van der Waals surface area contributed by atoms with Crippen molar-refractivity contribution >= 4 is 30.7 Å². The maximum absolute atomic E-state index is 12.4. The Labute approximate surface area is 158 Å². The van der Waals surface area contributed by atoms with Gasteiger partial charge in [0.15, 0.2) is 0 Å². The van der Waals surface area contributed by atoms with Crippen LogP contribution >= 0.6 is 24.8 Å². The first-order valence-corrected chi connectivity index (χ1v) is 8.29. The quantitative estimate of drug-likeness (QED) is 0.802. The van der Waals surface area contributed by atoms with Gasteiger partial charge in [0.1, 0.15) is 0 Å². The van der Waals surface area contributed by atoms with E-state index in [9.17, 15) is 4.79 Å². The number of likely N-dealkylation sites (N-methyl/N-ethyl adjacent to an activating group) is 1. The van der Waals surface area contributed by atoms with E-state index in [4.69, 9.17) is 5.73 Å². The van der Waals surface area contributed by atoms with Gasteiger partial charge in [0.25, 0.3) is 0 Å². The minimum absolute atomic E-state index is 0. The fraction of sp³-hybridized carbons (Fsp3) is 0.611. The van der Waals surface area contributed by atoms with Crippen molar-refractivity contribution in [2.45, 2.75) is 50.6 Å². The highest BCUT2D eigenvalue weighted by Gasteiger charge is 2.37. The Balaban J connectivity index is 0.00000264. The lowest BCUT2D eigenvalue weighted by molar-refractivity contribution is -0.126. The lowest BCUT2D eigenvalue weighted by atomic mass is 9.97. The predicted octanol–water partition coefficient (Wildman–Crippen LogP) is 3.08. The number of rotatable bonds is 6. The third-order valence-electron chi connectivity index (χ3n) is 4.80. The van der Waals surface area contributed by atoms with Crippen molar-refractivity contribution in [1.29, 1.82) is 0 Å². The van der Waals surface area contributed by atoms with E-state index < -0.39 is 5.54 Å². The summed E-state index contributed by atoms with van der Waals surface area (Å²) in [5.74, 6) is 0.00188. The van der Waals surface area contributed by atoms with E-state index in [1.165, 1.54) is 11.1 Å². The molecule has 1 unspecified atom stereocenters. The molecule has 6 heteroatoms. The van der Waals surface area contributed by atoms with Crippen LogP contribution in [-0.4, -0.2) is 37.0 Å². The summed E-state index contributed by atoms with van der Waals surface area (Å²) in [6.07, 6.45) is 4.76. The number of aryl methyl sites for hydroxylation is 1. The molecule has 0 bridgehead atoms. The Hall–Kier alpha value is -0.810. The van der Waals surface area contributed by atoms with Crippen molar-refractivity contribution in [3.8, 4) is 0 Å². The number of halogens is 2. The Bertz CT molecular complexity index is 499. The highest BCUT2D eigenvalue weighted by Crippen LogP contribution is 2.27. The molecule has 1 aromatic rings. The average Bonchev–Trinajstić information content (AvgIpc) is 2.95. The molecule has 1 aromatic carbocycles. The van der Waals surface area contributed by atoms with E-state index in [1.807, 2.05) is 14.1 Å². The van der Waals surface area contributed by atoms with Crippen LogP contribution in [0.5, 0.6) is 0 Å². The van der Waals surface area contributed by atoms with E-state index in [0.29, 0.717) is 6.54 Å². The first kappa shape index (κ1) is 23.2. The molecule has 0 spiro atoms. The highest BCUT2D eigenvalue weighted by atomic mass is 35.5. The molecule has 1 saturated carbocycles. The Morgan fingerprint density at radius 2 is 1.75 bits per heavy atom. The highest BCUT2D eigenvalue weighted by molar-refractivity contribution is 5.86. The maximum atomic E-state index is 12.4. The summed E-state index contributed by atoms with van der Waals surface area (Å²) in [6.45, 7) is 2.75. The number of amides is 1. The largest absolute Gasteiger partial charge is 0.353 e. The summed E-state index contributed by atoms with van der Waals surface area (Å²) in [4.78, 5) is 14.5. The zero-order valence-electron chi connectivity index (χ0n) is 14.9. The van der Waals surface area contributed by atoms with Gasteiger partial charge in [-0.25, -0.2) is 0 Å². The van der Waals surface area contributed by atoms with E-state index in [1.54, 1.807) is 0 Å². The van der Waals surface area contributed by atoms with Gasteiger partial charge < -0.3 is 16.0 Å². The van der Waals surface area contributed by atoms with Crippen molar-refractivity contribution in [1.82, 2.24) is 10.2 Å². The van der Waals surface area contributed by atoms with Gasteiger partial charge in [-0.3, -0.25) is 4.79 Å². The molecule has 24 heavy (non-hydrogen) atoms. The number of hydrogen-bond acceptors (Lipinski definition) is 3. The predicted molar refractivity (Wildman–Crippen MR) is 105 cm³/mol. The van der Waals surface area contributed by atoms with Crippen LogP contribution in [0.4, 0.5) is 0 Å². The van der Waals surface area contributed by atoms with Gasteiger partial charge in [0.2, 0.25) is 5.91 Å². The minimum Gasteiger partial charge on any atom is -0.353 e. The van der Waals surface area contributed by atoms with Crippen LogP contribution in [0, 0.1) is 0 Å². The van der Waals surface area contributed by atoms with Gasteiger partial charge in [0.05, 0.1) is 11.6 Å². The number of nitrogens with two attached hydrogens (primary N) is 1. The summed E-state index contributed by atoms with van der Waals surface area (Å²) in [5, 5.41) is 3.07. The summed E-state index contributed by atoms with van der Waals surface area (Å²) in [6, 6.07) is 8.80. The van der Waals surface area contributed by atoms with Crippen molar-refractivity contribution in [2.75, 3.05) is 20.6 Å². The molecule has 0 saturated heterocycles. The number of carbonyl (C=O) groups excluding carboxylic acids is 1. The van der Waals surface area contributed by atoms with Crippen LogP contribution in [0.25, 0.3) is 0 Å². The topological polar surface area (TPSA) is 58.4 Å². The smallest absolute Gasteiger partial charge is 0.240 e. The fourth-order valence-electron chi connectivity index (χ4n) is 3.17. The Morgan fingerprint density at radius 3 is 2.21 bits per heavy atom. The second-order valence-corrected chi connectivity index (χ2v) is 6.65. The molecule has 1 atom stereocenters. The monoisotopic (exact) mass is 375 g/mol. The van der Waals surface area contributed by atoms with Gasteiger partial charge in [-0.2, -0.15) is 0 Å². The summed E-state index contributed by atoms with van der Waals surface area (Å²) < 4.78 is 0. The molecular weight excluding hydrogens is 345 g/mol. The maximum Gasteiger partial charge on any atom is 0.240 e. The minimum atomic E-state index is -0.650. The molecular formula is C18H31Cl2N3O. The number of hydrogen-bond donors (Lipinski definition) is 2. The molecule has 1 amide bonds. The fourth-order valence-corrected chi connectivity index (χ4v) is 3.17. The van der Waals surface area contributed by atoms with Crippen LogP contribution in [0.3, 0.4) is 0 Å². The molecule has 0 radical (unpaired) electrons.